The predicted octanol–water partition coefficient (Wildman–Crippen LogP) is 6.51. The van der Waals surface area contributed by atoms with E-state index >= 15 is 0 Å². The third kappa shape index (κ3) is 6.68. The molecule has 1 aromatic heterocycles. The molecule has 0 spiro atoms. The van der Waals surface area contributed by atoms with Crippen molar-refractivity contribution in [2.24, 2.45) is 0 Å². The second-order valence-electron chi connectivity index (χ2n) is 10.2. The molecule has 0 unspecified atom stereocenters. The summed E-state index contributed by atoms with van der Waals surface area (Å²) in [5, 5.41) is 10.3. The minimum Gasteiger partial charge on any atom is -0.435 e. The van der Waals surface area contributed by atoms with Gasteiger partial charge in [0.2, 0.25) is 5.91 Å². The van der Waals surface area contributed by atoms with E-state index < -0.39 is 36.0 Å². The SMILES string of the molecule is CN(C(=O)C(C)(C)c1cc(OC(F)F)cc(OC(F)F)c1)c1cnc(N2CCC[C@H]2CO)cc1-c1ccccc1Cl. The second kappa shape index (κ2) is 12.5. The molecule has 1 aliphatic rings. The third-order valence-electron chi connectivity index (χ3n) is 7.17. The average molecular weight is 596 g/mol. The number of benzene rings is 2. The maximum absolute atomic E-state index is 14.0. The zero-order valence-corrected chi connectivity index (χ0v) is 23.4. The monoisotopic (exact) mass is 595 g/mol. The van der Waals surface area contributed by atoms with Gasteiger partial charge < -0.3 is 24.4 Å². The van der Waals surface area contributed by atoms with Crippen molar-refractivity contribution in [2.75, 3.05) is 30.0 Å². The van der Waals surface area contributed by atoms with Crippen molar-refractivity contribution in [2.45, 2.75) is 51.4 Å². The fourth-order valence-corrected chi connectivity index (χ4v) is 5.25. The molecule has 1 fully saturated rings. The van der Waals surface area contributed by atoms with Gasteiger partial charge in [0.05, 0.1) is 29.9 Å². The third-order valence-corrected chi connectivity index (χ3v) is 7.50. The van der Waals surface area contributed by atoms with E-state index in [2.05, 4.69) is 14.5 Å². The van der Waals surface area contributed by atoms with Crippen LogP contribution in [0.5, 0.6) is 11.5 Å². The number of pyridine rings is 1. The van der Waals surface area contributed by atoms with Crippen LogP contribution in [0.15, 0.2) is 54.7 Å². The number of likely N-dealkylation sites (N-methyl/N-ethyl adjacent to an activating group) is 1. The summed E-state index contributed by atoms with van der Waals surface area (Å²) in [6, 6.07) is 12.1. The van der Waals surface area contributed by atoms with Crippen LogP contribution in [0.4, 0.5) is 29.1 Å². The molecule has 1 N–H and O–H groups in total. The van der Waals surface area contributed by atoms with Crippen LogP contribution in [0, 0.1) is 0 Å². The molecule has 1 atom stereocenters. The smallest absolute Gasteiger partial charge is 0.387 e. The van der Waals surface area contributed by atoms with E-state index in [-0.39, 0.29) is 18.2 Å². The van der Waals surface area contributed by atoms with E-state index in [4.69, 9.17) is 11.6 Å². The Bertz CT molecular complexity index is 1360. The Balaban J connectivity index is 1.77. The molecule has 12 heteroatoms. The molecule has 220 valence electrons. The first-order valence-electron chi connectivity index (χ1n) is 12.9. The number of hydrogen-bond acceptors (Lipinski definition) is 6. The van der Waals surface area contributed by atoms with E-state index in [0.29, 0.717) is 34.2 Å². The van der Waals surface area contributed by atoms with Gasteiger partial charge in [0, 0.05) is 35.8 Å². The van der Waals surface area contributed by atoms with Crippen molar-refractivity contribution in [3.8, 4) is 22.6 Å². The van der Waals surface area contributed by atoms with Crippen molar-refractivity contribution in [3.05, 3.63) is 65.3 Å². The van der Waals surface area contributed by atoms with Crippen molar-refractivity contribution >= 4 is 29.0 Å². The molecule has 41 heavy (non-hydrogen) atoms. The first-order chi connectivity index (χ1) is 19.4. The number of alkyl halides is 4. The van der Waals surface area contributed by atoms with Crippen LogP contribution in [0.1, 0.15) is 32.3 Å². The molecule has 0 radical (unpaired) electrons. The minimum atomic E-state index is -3.21. The van der Waals surface area contributed by atoms with Gasteiger partial charge in [0.15, 0.2) is 0 Å². The summed E-state index contributed by atoms with van der Waals surface area (Å²) in [4.78, 5) is 21.9. The fraction of sp³-hybridized carbons (Fsp3) is 0.379. The Morgan fingerprint density at radius 2 is 1.73 bits per heavy atom. The lowest BCUT2D eigenvalue weighted by molar-refractivity contribution is -0.122. The Morgan fingerprint density at radius 1 is 1.10 bits per heavy atom. The highest BCUT2D eigenvalue weighted by Crippen LogP contribution is 2.40. The highest BCUT2D eigenvalue weighted by Gasteiger charge is 2.36. The lowest BCUT2D eigenvalue weighted by Gasteiger charge is -2.32. The van der Waals surface area contributed by atoms with Crippen LogP contribution >= 0.6 is 11.6 Å². The number of amides is 1. The van der Waals surface area contributed by atoms with E-state index in [1.165, 1.54) is 44.1 Å². The fourth-order valence-electron chi connectivity index (χ4n) is 5.01. The number of anilines is 2. The first kappa shape index (κ1) is 30.4. The molecule has 2 heterocycles. The number of rotatable bonds is 10. The van der Waals surface area contributed by atoms with E-state index in [1.54, 1.807) is 18.2 Å². The molecule has 0 bridgehead atoms. The standard InChI is InChI=1S/C29H30ClF4N3O4/c1-29(2,17-11-19(40-27(31)32)13-20(12-17)41-28(33)34)26(39)36(3)24-15-35-25(37-10-6-7-18(37)16-38)14-22(24)21-8-4-5-9-23(21)30/h4-5,8-9,11-15,18,27-28,38H,6-7,10,16H2,1-3H3/t18-/m0/s1. The zero-order chi connectivity index (χ0) is 29.9. The number of nitrogens with zero attached hydrogens (tertiary/aromatic N) is 3. The molecule has 2 aromatic carbocycles. The number of ether oxygens (including phenoxy) is 2. The molecule has 4 rings (SSSR count). The number of carbonyl (C=O) groups excluding carboxylic acids is 1. The summed E-state index contributed by atoms with van der Waals surface area (Å²) in [7, 11) is 1.53. The Kier molecular flexibility index (Phi) is 9.28. The topological polar surface area (TPSA) is 75.1 Å². The van der Waals surface area contributed by atoms with Gasteiger partial charge in [-0.1, -0.05) is 29.8 Å². The lowest BCUT2D eigenvalue weighted by atomic mass is 9.82. The molecule has 7 nitrogen and oxygen atoms in total. The predicted molar refractivity (Wildman–Crippen MR) is 148 cm³/mol. The summed E-state index contributed by atoms with van der Waals surface area (Å²) in [5.74, 6) is -0.732. The number of aliphatic hydroxyl groups excluding tert-OH is 1. The van der Waals surface area contributed by atoms with Crippen LogP contribution in [0.3, 0.4) is 0 Å². The van der Waals surface area contributed by atoms with Crippen LogP contribution < -0.4 is 19.3 Å². The van der Waals surface area contributed by atoms with E-state index in [0.717, 1.165) is 18.9 Å². The van der Waals surface area contributed by atoms with Crippen LogP contribution in [-0.4, -0.2) is 55.5 Å². The average Bonchev–Trinajstić information content (AvgIpc) is 3.40. The number of aromatic nitrogens is 1. The summed E-state index contributed by atoms with van der Waals surface area (Å²) in [5.41, 5.74) is 0.361. The van der Waals surface area contributed by atoms with Gasteiger partial charge in [0.1, 0.15) is 17.3 Å². The van der Waals surface area contributed by atoms with Gasteiger partial charge in [-0.25, -0.2) is 4.98 Å². The van der Waals surface area contributed by atoms with Gasteiger partial charge in [-0.3, -0.25) is 4.79 Å². The molecule has 0 aliphatic carbocycles. The maximum atomic E-state index is 14.0. The molecular formula is C29H30ClF4N3O4. The number of hydrogen-bond donors (Lipinski definition) is 1. The molecule has 0 saturated carbocycles. The maximum Gasteiger partial charge on any atom is 0.387 e. The summed E-state index contributed by atoms with van der Waals surface area (Å²) < 4.78 is 60.7. The van der Waals surface area contributed by atoms with E-state index in [9.17, 15) is 27.5 Å². The Morgan fingerprint density at radius 3 is 2.32 bits per heavy atom. The summed E-state index contributed by atoms with van der Waals surface area (Å²) >= 11 is 6.56. The number of halogens is 5. The van der Waals surface area contributed by atoms with Crippen molar-refractivity contribution in [1.82, 2.24) is 4.98 Å². The summed E-state index contributed by atoms with van der Waals surface area (Å²) in [6.45, 7) is -2.67. The van der Waals surface area contributed by atoms with E-state index in [1.807, 2.05) is 17.0 Å². The minimum absolute atomic E-state index is 0.0248. The highest BCUT2D eigenvalue weighted by atomic mass is 35.5. The Labute approximate surface area is 240 Å². The highest BCUT2D eigenvalue weighted by molar-refractivity contribution is 6.33. The molecule has 1 saturated heterocycles. The largest absolute Gasteiger partial charge is 0.435 e. The van der Waals surface area contributed by atoms with Gasteiger partial charge in [-0.2, -0.15) is 17.6 Å². The van der Waals surface area contributed by atoms with Crippen molar-refractivity contribution in [1.29, 1.82) is 0 Å². The first-order valence-corrected chi connectivity index (χ1v) is 13.3. The van der Waals surface area contributed by atoms with Crippen molar-refractivity contribution < 1.29 is 36.9 Å². The lowest BCUT2D eigenvalue weighted by Crippen LogP contribution is -2.42. The van der Waals surface area contributed by atoms with Crippen molar-refractivity contribution in [3.63, 3.8) is 0 Å². The van der Waals surface area contributed by atoms with Gasteiger partial charge in [-0.15, -0.1) is 0 Å². The second-order valence-corrected chi connectivity index (χ2v) is 10.6. The van der Waals surface area contributed by atoms with Gasteiger partial charge in [0.25, 0.3) is 0 Å². The van der Waals surface area contributed by atoms with Gasteiger partial charge >= 0.3 is 13.2 Å². The normalized spacial score (nSPS) is 15.5. The number of carbonyl (C=O) groups is 1. The zero-order valence-electron chi connectivity index (χ0n) is 22.7. The Hall–Kier alpha value is -3.57. The molecular weight excluding hydrogens is 566 g/mol. The molecule has 1 aliphatic heterocycles. The van der Waals surface area contributed by atoms with Gasteiger partial charge in [-0.05, 0) is 56.5 Å². The molecule has 3 aromatic rings. The number of aliphatic hydroxyl groups is 1. The summed E-state index contributed by atoms with van der Waals surface area (Å²) in [6.07, 6.45) is 3.25. The van der Waals surface area contributed by atoms with Crippen LogP contribution in [0.25, 0.3) is 11.1 Å². The molecule has 1 amide bonds. The quantitative estimate of drug-likeness (QED) is 0.270. The van der Waals surface area contributed by atoms with Crippen LogP contribution in [-0.2, 0) is 10.2 Å². The van der Waals surface area contributed by atoms with Crippen LogP contribution in [0.2, 0.25) is 5.02 Å².